The predicted molar refractivity (Wildman–Crippen MR) is 235 cm³/mol. The third-order valence-corrected chi connectivity index (χ3v) is 13.1. The van der Waals surface area contributed by atoms with Gasteiger partial charge >= 0.3 is 23.1 Å². The molecule has 4 aromatic heterocycles. The van der Waals surface area contributed by atoms with E-state index in [2.05, 4.69) is 30.6 Å². The predicted octanol–water partition coefficient (Wildman–Crippen LogP) is 4.39. The summed E-state index contributed by atoms with van der Waals surface area (Å²) in [5.41, 5.74) is 4.30. The molecule has 0 radical (unpaired) electrons. The van der Waals surface area contributed by atoms with Crippen LogP contribution in [0, 0.1) is 7.43 Å². The van der Waals surface area contributed by atoms with Gasteiger partial charge in [0.25, 0.3) is 0 Å². The number of fused-ring (bicyclic) bond motifs is 2. The first-order valence-corrected chi connectivity index (χ1v) is 21.9. The van der Waals surface area contributed by atoms with Gasteiger partial charge in [0.2, 0.25) is 11.3 Å². The first kappa shape index (κ1) is 50.0. The summed E-state index contributed by atoms with van der Waals surface area (Å²) in [6.07, 6.45) is 3.22. The van der Waals surface area contributed by atoms with Crippen LogP contribution in [0.3, 0.4) is 0 Å². The maximum Gasteiger partial charge on any atom is 2.00 e. The van der Waals surface area contributed by atoms with Crippen LogP contribution in [0.4, 0.5) is 0 Å². The first-order valence-electron chi connectivity index (χ1n) is 17.8. The third-order valence-electron chi connectivity index (χ3n) is 9.23. The van der Waals surface area contributed by atoms with Crippen molar-refractivity contribution in [3.05, 3.63) is 161 Å². The van der Waals surface area contributed by atoms with Crippen molar-refractivity contribution in [2.45, 2.75) is 47.7 Å². The second-order valence-electron chi connectivity index (χ2n) is 13.9. The van der Waals surface area contributed by atoms with Crippen molar-refractivity contribution in [2.24, 2.45) is 0 Å². The normalized spacial score (nSPS) is 11.5. The van der Waals surface area contributed by atoms with Gasteiger partial charge in [0, 0.05) is 28.0 Å². The fraction of sp³-hybridized carbons (Fsp3) is 0.143. The Morgan fingerprint density at radius 1 is 0.661 bits per heavy atom. The number of nitrogens with zero attached hydrogens (tertiary/aromatic N) is 8. The van der Waals surface area contributed by atoms with E-state index in [-0.39, 0.29) is 74.5 Å². The maximum absolute atomic E-state index is 13.1. The Morgan fingerprint density at radius 2 is 1.06 bits per heavy atom. The van der Waals surface area contributed by atoms with Gasteiger partial charge < -0.3 is 29.5 Å². The molecule has 0 saturated heterocycles. The molecule has 0 saturated carbocycles. The van der Waals surface area contributed by atoms with Gasteiger partial charge in [0.15, 0.2) is 25.5 Å². The maximum atomic E-state index is 13.1. The van der Waals surface area contributed by atoms with Gasteiger partial charge in [-0.1, -0.05) is 70.0 Å². The molecule has 8 aromatic rings. The number of hydrogen-bond acceptors (Lipinski definition) is 12. The smallest absolute Gasteiger partial charge is 1.00 e. The minimum Gasteiger partial charge on any atom is -1.00 e. The fourth-order valence-corrected chi connectivity index (χ4v) is 9.22. The topological polar surface area (TPSA) is 193 Å². The molecular formula is C42H37BrCl2MgN8O6S2. The molecule has 0 aliphatic carbocycles. The fourth-order valence-electron chi connectivity index (χ4n) is 6.14. The van der Waals surface area contributed by atoms with Gasteiger partial charge in [-0.25, -0.2) is 36.2 Å². The number of benzene rings is 4. The van der Waals surface area contributed by atoms with E-state index in [0.29, 0.717) is 66.0 Å². The Morgan fingerprint density at radius 3 is 1.45 bits per heavy atom. The van der Waals surface area contributed by atoms with E-state index in [1.165, 1.54) is 52.7 Å². The Balaban J connectivity index is 0.000000260. The van der Waals surface area contributed by atoms with E-state index in [4.69, 9.17) is 23.2 Å². The van der Waals surface area contributed by atoms with Crippen LogP contribution in [0.1, 0.15) is 47.8 Å². The average Bonchev–Trinajstić information content (AvgIpc) is 3.84. The number of halogens is 3. The van der Waals surface area contributed by atoms with E-state index in [1.54, 1.807) is 99.0 Å². The van der Waals surface area contributed by atoms with E-state index in [9.17, 15) is 26.7 Å². The van der Waals surface area contributed by atoms with Gasteiger partial charge in [0.05, 0.1) is 38.3 Å². The number of hydrogen-bond donors (Lipinski definition) is 1. The van der Waals surface area contributed by atoms with Crippen molar-refractivity contribution in [2.75, 3.05) is 0 Å². The van der Waals surface area contributed by atoms with E-state index >= 15 is 0 Å². The number of rotatable bonds is 10. The Kier molecular flexibility index (Phi) is 16.3. The zero-order chi connectivity index (χ0) is 42.1. The second-order valence-corrected chi connectivity index (χ2v) is 18.8. The van der Waals surface area contributed by atoms with Gasteiger partial charge in [0.1, 0.15) is 11.0 Å². The summed E-state index contributed by atoms with van der Waals surface area (Å²) in [4.78, 5) is 20.0. The van der Waals surface area contributed by atoms with Crippen molar-refractivity contribution in [3.8, 4) is 11.4 Å². The largest absolute Gasteiger partial charge is 2.00 e. The van der Waals surface area contributed by atoms with Crippen molar-refractivity contribution < 1.29 is 43.7 Å². The summed E-state index contributed by atoms with van der Waals surface area (Å²) in [5.74, 6) is -0.635. The standard InChI is InChI=1S/C21H19ClN4O3S.C20H15ClN4O3S.CH3.BrH.Mg/c1-21(2,27)15-6-9-17(10-7-15)30(28,29)13-14-5-8-16(22)12-19(14)26-18-4-3-11-23-20(18)24-25-26;1-13(26)14-5-8-17(9-6-14)29(27,28)12-15-4-7-16(21)11-19(15)25-18-3-2-10-22-20(18)23-24-25;;;/h3-12,27H,13H2,1-2H3;2-11H,12H2,1H3;1H3;1H;/q;;-1;;+2/p-1. The Hall–Kier alpha value is -4.66. The summed E-state index contributed by atoms with van der Waals surface area (Å²) in [6, 6.07) is 29.2. The molecule has 4 heterocycles. The van der Waals surface area contributed by atoms with E-state index in [1.807, 2.05) is 0 Å². The average molecular weight is 989 g/mol. The molecule has 0 atom stereocenters. The molecule has 1 N–H and O–H groups in total. The van der Waals surface area contributed by atoms with Crippen molar-refractivity contribution >= 4 is 94.0 Å². The molecule has 20 heteroatoms. The number of carbonyl (C=O) groups is 1. The zero-order valence-electron chi connectivity index (χ0n) is 33.7. The number of carbonyl (C=O) groups excluding carboxylic acids is 1. The number of Topliss-reactive ketones (excluding diaryl/α,β-unsaturated/α-hetero) is 1. The van der Waals surface area contributed by atoms with Gasteiger partial charge in [-0.2, -0.15) is 0 Å². The van der Waals surface area contributed by atoms with Crippen molar-refractivity contribution in [3.63, 3.8) is 0 Å². The zero-order valence-corrected chi connectivity index (χ0v) is 39.8. The van der Waals surface area contributed by atoms with Crippen LogP contribution in [0.15, 0.2) is 131 Å². The van der Waals surface area contributed by atoms with Crippen LogP contribution in [0.2, 0.25) is 10.0 Å². The molecular weight excluding hydrogens is 952 g/mol. The van der Waals surface area contributed by atoms with E-state index in [0.717, 1.165) is 0 Å². The van der Waals surface area contributed by atoms with Crippen molar-refractivity contribution in [1.82, 2.24) is 40.0 Å². The van der Waals surface area contributed by atoms with Gasteiger partial charge in [-0.15, -0.1) is 10.2 Å². The Labute approximate surface area is 395 Å². The number of aromatic nitrogens is 8. The summed E-state index contributed by atoms with van der Waals surface area (Å²) >= 11 is 12.3. The third kappa shape index (κ3) is 11.1. The molecule has 0 amide bonds. The van der Waals surface area contributed by atoms with Crippen LogP contribution in [0.25, 0.3) is 33.7 Å². The molecule has 0 aliphatic rings. The van der Waals surface area contributed by atoms with Gasteiger partial charge in [-0.3, -0.25) is 4.79 Å². The molecule has 8 rings (SSSR count). The number of ketones is 1. The van der Waals surface area contributed by atoms with E-state index < -0.39 is 25.3 Å². The molecule has 0 fully saturated rings. The van der Waals surface area contributed by atoms with Crippen LogP contribution >= 0.6 is 23.2 Å². The van der Waals surface area contributed by atoms with Crippen LogP contribution in [0.5, 0.6) is 0 Å². The Bertz CT molecular complexity index is 3090. The quantitative estimate of drug-likeness (QED) is 0.116. The molecule has 0 aliphatic heterocycles. The van der Waals surface area contributed by atoms with Crippen LogP contribution < -0.4 is 17.0 Å². The van der Waals surface area contributed by atoms with Crippen LogP contribution in [-0.4, -0.2) is 90.7 Å². The molecule has 4 aromatic carbocycles. The number of aliphatic hydroxyl groups is 1. The summed E-state index contributed by atoms with van der Waals surface area (Å²) in [7, 11) is -7.32. The SMILES string of the molecule is CC(=O)c1ccc(S(=O)(=O)Cc2ccc(Cl)cc2-n2nnc3ncccc32)cc1.CC(C)(O)c1ccc(S(=O)(=O)Cc2ccc(Cl)cc2-n2nnc3ncccc32)cc1.[Br-].[CH3-].[Mg+2]. The molecule has 14 nitrogen and oxygen atoms in total. The molecule has 0 unspecified atom stereocenters. The second kappa shape index (κ2) is 20.2. The molecule has 0 spiro atoms. The monoisotopic (exact) mass is 986 g/mol. The molecule has 316 valence electrons. The minimum absolute atomic E-state index is 0. The first-order chi connectivity index (χ1) is 28.0. The summed E-state index contributed by atoms with van der Waals surface area (Å²) < 4.78 is 55.2. The summed E-state index contributed by atoms with van der Waals surface area (Å²) in [6.45, 7) is 4.72. The van der Waals surface area contributed by atoms with Crippen LogP contribution in [-0.2, 0) is 36.8 Å². The molecule has 62 heavy (non-hydrogen) atoms. The van der Waals surface area contributed by atoms with Crippen molar-refractivity contribution in [1.29, 1.82) is 0 Å². The number of pyridine rings is 2. The molecule has 0 bridgehead atoms. The summed E-state index contributed by atoms with van der Waals surface area (Å²) in [5, 5.41) is 27.3. The number of sulfone groups is 2. The van der Waals surface area contributed by atoms with Gasteiger partial charge in [-0.05, 0) is 110 Å². The minimum atomic E-state index is -3.67.